The molecule has 0 N–H and O–H groups in total. The molecule has 0 atom stereocenters. The van der Waals surface area contributed by atoms with Gasteiger partial charge >= 0.3 is 6.18 Å². The second-order valence-electron chi connectivity index (χ2n) is 3.46. The van der Waals surface area contributed by atoms with E-state index in [-0.39, 0.29) is 5.39 Å². The standard InChI is InChI=1S/C12H8F3S/c13-12(14,15)11-6-5-8(7-16)9-3-1-2-4-10(9)11/h1-6H,7H2. The highest BCUT2D eigenvalue weighted by Gasteiger charge is 2.32. The van der Waals surface area contributed by atoms with Crippen molar-refractivity contribution in [3.8, 4) is 0 Å². The molecule has 1 radical (unpaired) electrons. The van der Waals surface area contributed by atoms with Crippen LogP contribution in [0.5, 0.6) is 0 Å². The third kappa shape index (κ3) is 1.89. The van der Waals surface area contributed by atoms with Crippen LogP contribution in [0.15, 0.2) is 36.4 Å². The van der Waals surface area contributed by atoms with E-state index in [1.54, 1.807) is 18.2 Å². The van der Waals surface area contributed by atoms with E-state index in [1.165, 1.54) is 12.1 Å². The molecule has 0 aliphatic heterocycles. The van der Waals surface area contributed by atoms with Gasteiger partial charge in [0.05, 0.1) is 5.56 Å². The van der Waals surface area contributed by atoms with E-state index in [2.05, 4.69) is 0 Å². The first kappa shape index (κ1) is 11.3. The van der Waals surface area contributed by atoms with Gasteiger partial charge in [-0.3, -0.25) is 0 Å². The Bertz CT molecular complexity index is 517. The first-order valence-corrected chi connectivity index (χ1v) is 5.27. The zero-order valence-corrected chi connectivity index (χ0v) is 9.03. The maximum atomic E-state index is 12.7. The summed E-state index contributed by atoms with van der Waals surface area (Å²) in [5.41, 5.74) is 0.161. The number of fused-ring (bicyclic) bond motifs is 1. The van der Waals surface area contributed by atoms with Gasteiger partial charge in [-0.25, -0.2) is 0 Å². The molecule has 0 spiro atoms. The van der Waals surface area contributed by atoms with E-state index < -0.39 is 11.7 Å². The van der Waals surface area contributed by atoms with Gasteiger partial charge in [0.2, 0.25) is 0 Å². The van der Waals surface area contributed by atoms with E-state index in [9.17, 15) is 13.2 Å². The topological polar surface area (TPSA) is 0 Å². The van der Waals surface area contributed by atoms with Crippen molar-refractivity contribution < 1.29 is 13.2 Å². The summed E-state index contributed by atoms with van der Waals surface area (Å²) >= 11 is 4.90. The summed E-state index contributed by atoms with van der Waals surface area (Å²) in [7, 11) is 0. The minimum atomic E-state index is -4.32. The molecule has 0 nitrogen and oxygen atoms in total. The Morgan fingerprint density at radius 3 is 2.12 bits per heavy atom. The number of benzene rings is 2. The lowest BCUT2D eigenvalue weighted by Crippen LogP contribution is -2.06. The van der Waals surface area contributed by atoms with Crippen molar-refractivity contribution in [2.75, 3.05) is 0 Å². The van der Waals surface area contributed by atoms with E-state index in [0.717, 1.165) is 11.6 Å². The third-order valence-electron chi connectivity index (χ3n) is 2.48. The maximum absolute atomic E-state index is 12.7. The minimum absolute atomic E-state index is 0.220. The lowest BCUT2D eigenvalue weighted by molar-refractivity contribution is -0.136. The van der Waals surface area contributed by atoms with Gasteiger partial charge in [0, 0.05) is 5.75 Å². The number of halogens is 3. The normalized spacial score (nSPS) is 12.0. The summed E-state index contributed by atoms with van der Waals surface area (Å²) in [4.78, 5) is 0. The molecule has 2 rings (SSSR count). The SMILES string of the molecule is FC(F)(F)c1ccc(C[S])c2ccccc12. The fraction of sp³-hybridized carbons (Fsp3) is 0.167. The number of alkyl halides is 3. The third-order valence-corrected chi connectivity index (χ3v) is 2.79. The molecule has 0 saturated heterocycles. The molecule has 83 valence electrons. The summed E-state index contributed by atoms with van der Waals surface area (Å²) in [6.45, 7) is 0. The minimum Gasteiger partial charge on any atom is -0.166 e. The highest BCUT2D eigenvalue weighted by molar-refractivity contribution is 7.79. The average molecular weight is 241 g/mol. The van der Waals surface area contributed by atoms with Crippen LogP contribution >= 0.6 is 12.6 Å². The fourth-order valence-corrected chi connectivity index (χ4v) is 1.99. The van der Waals surface area contributed by atoms with Gasteiger partial charge in [0.1, 0.15) is 0 Å². The molecular formula is C12H8F3S. The van der Waals surface area contributed by atoms with Crippen molar-refractivity contribution in [3.63, 3.8) is 0 Å². The van der Waals surface area contributed by atoms with Crippen LogP contribution in [0.1, 0.15) is 11.1 Å². The second-order valence-corrected chi connectivity index (χ2v) is 3.75. The molecule has 4 heteroatoms. The van der Waals surface area contributed by atoms with Crippen LogP contribution in [0.2, 0.25) is 0 Å². The maximum Gasteiger partial charge on any atom is 0.417 e. The van der Waals surface area contributed by atoms with Crippen molar-refractivity contribution in [2.24, 2.45) is 0 Å². The number of hydrogen-bond acceptors (Lipinski definition) is 0. The van der Waals surface area contributed by atoms with Crippen LogP contribution in [-0.2, 0) is 11.9 Å². The van der Waals surface area contributed by atoms with Crippen molar-refractivity contribution in [3.05, 3.63) is 47.5 Å². The highest BCUT2D eigenvalue weighted by Crippen LogP contribution is 2.36. The largest absolute Gasteiger partial charge is 0.417 e. The summed E-state index contributed by atoms with van der Waals surface area (Å²) in [6, 6.07) is 9.03. The molecule has 0 aromatic heterocycles. The number of hydrogen-bond donors (Lipinski definition) is 0. The van der Waals surface area contributed by atoms with Crippen molar-refractivity contribution >= 4 is 23.4 Å². The molecule has 0 heterocycles. The monoisotopic (exact) mass is 241 g/mol. The molecule has 0 aliphatic carbocycles. The average Bonchev–Trinajstić information content (AvgIpc) is 2.26. The van der Waals surface area contributed by atoms with Crippen LogP contribution in [0.25, 0.3) is 10.8 Å². The summed E-state index contributed by atoms with van der Waals surface area (Å²) < 4.78 is 38.2. The molecule has 0 fully saturated rings. The second kappa shape index (κ2) is 4.01. The molecule has 2 aromatic carbocycles. The molecule has 0 bridgehead atoms. The smallest absolute Gasteiger partial charge is 0.166 e. The molecule has 2 aromatic rings. The predicted molar refractivity (Wildman–Crippen MR) is 60.2 cm³/mol. The Labute approximate surface area is 96.5 Å². The summed E-state index contributed by atoms with van der Waals surface area (Å²) in [6.07, 6.45) is -4.32. The van der Waals surface area contributed by atoms with Gasteiger partial charge in [-0.05, 0) is 22.4 Å². The van der Waals surface area contributed by atoms with E-state index >= 15 is 0 Å². The van der Waals surface area contributed by atoms with Crippen molar-refractivity contribution in [1.29, 1.82) is 0 Å². The van der Waals surface area contributed by atoms with E-state index in [0.29, 0.717) is 11.1 Å². The van der Waals surface area contributed by atoms with Crippen LogP contribution in [0, 0.1) is 0 Å². The van der Waals surface area contributed by atoms with Crippen LogP contribution < -0.4 is 0 Å². The molecule has 0 aliphatic rings. The summed E-state index contributed by atoms with van der Waals surface area (Å²) in [5.74, 6) is 0.318. The molecule has 0 saturated carbocycles. The summed E-state index contributed by atoms with van der Waals surface area (Å²) in [5, 5.41) is 0.810. The fourth-order valence-electron chi connectivity index (χ4n) is 1.73. The Kier molecular flexibility index (Phi) is 2.84. The first-order valence-electron chi connectivity index (χ1n) is 4.70. The van der Waals surface area contributed by atoms with Gasteiger partial charge in [-0.15, -0.1) is 0 Å². The molecule has 0 amide bonds. The molecular weight excluding hydrogens is 233 g/mol. The van der Waals surface area contributed by atoms with Crippen LogP contribution in [0.4, 0.5) is 13.2 Å². The van der Waals surface area contributed by atoms with Crippen molar-refractivity contribution in [2.45, 2.75) is 11.9 Å². The van der Waals surface area contributed by atoms with Gasteiger partial charge < -0.3 is 0 Å². The van der Waals surface area contributed by atoms with Gasteiger partial charge in [-0.1, -0.05) is 43.0 Å². The first-order chi connectivity index (χ1) is 7.54. The van der Waals surface area contributed by atoms with Gasteiger partial charge in [0.25, 0.3) is 0 Å². The lowest BCUT2D eigenvalue weighted by Gasteiger charge is -2.12. The predicted octanol–water partition coefficient (Wildman–Crippen LogP) is 4.56. The van der Waals surface area contributed by atoms with E-state index in [4.69, 9.17) is 12.6 Å². The van der Waals surface area contributed by atoms with Crippen LogP contribution in [0.3, 0.4) is 0 Å². The van der Waals surface area contributed by atoms with E-state index in [1.807, 2.05) is 0 Å². The Hall–Kier alpha value is -1.16. The van der Waals surface area contributed by atoms with Gasteiger partial charge in [-0.2, -0.15) is 13.2 Å². The zero-order chi connectivity index (χ0) is 11.8. The van der Waals surface area contributed by atoms with Gasteiger partial charge in [0.15, 0.2) is 0 Å². The highest BCUT2D eigenvalue weighted by atomic mass is 32.1. The van der Waals surface area contributed by atoms with Crippen molar-refractivity contribution in [1.82, 2.24) is 0 Å². The lowest BCUT2D eigenvalue weighted by atomic mass is 10.00. The molecule has 0 unspecified atom stereocenters. The van der Waals surface area contributed by atoms with Crippen LogP contribution in [-0.4, -0.2) is 0 Å². The Balaban J connectivity index is 2.80. The Morgan fingerprint density at radius 1 is 0.938 bits per heavy atom. The zero-order valence-electron chi connectivity index (χ0n) is 8.21. The Morgan fingerprint density at radius 2 is 1.56 bits per heavy atom. The molecule has 16 heavy (non-hydrogen) atoms. The number of rotatable bonds is 1. The quantitative estimate of drug-likeness (QED) is 0.686.